The average molecular weight is 204 g/mol. The number of aromatic nitrogens is 2. The van der Waals surface area contributed by atoms with Crippen LogP contribution in [0.3, 0.4) is 0 Å². The molecule has 2 rings (SSSR count). The average Bonchev–Trinajstić information content (AvgIpc) is 3.11. The van der Waals surface area contributed by atoms with Crippen LogP contribution in [0, 0.1) is 11.8 Å². The third-order valence-electron chi connectivity index (χ3n) is 2.62. The predicted octanol–water partition coefficient (Wildman–Crippen LogP) is 1.27. The molecule has 4 heteroatoms. The summed E-state index contributed by atoms with van der Waals surface area (Å²) in [6, 6.07) is 0. The molecular formula is C11H12N2O2. The van der Waals surface area contributed by atoms with Crippen LogP contribution in [0.5, 0.6) is 0 Å². The summed E-state index contributed by atoms with van der Waals surface area (Å²) in [4.78, 5) is 31.2. The van der Waals surface area contributed by atoms with Crippen molar-refractivity contribution in [1.82, 2.24) is 9.97 Å². The summed E-state index contributed by atoms with van der Waals surface area (Å²) in [5, 5.41) is 0. The van der Waals surface area contributed by atoms with Gasteiger partial charge in [-0.2, -0.15) is 0 Å². The molecule has 0 aliphatic heterocycles. The molecule has 1 fully saturated rings. The highest BCUT2D eigenvalue weighted by Gasteiger charge is 2.36. The monoisotopic (exact) mass is 204 g/mol. The van der Waals surface area contributed by atoms with Crippen LogP contribution in [0.2, 0.25) is 0 Å². The molecule has 1 atom stereocenters. The van der Waals surface area contributed by atoms with E-state index >= 15 is 0 Å². The Morgan fingerprint density at radius 3 is 2.67 bits per heavy atom. The fraction of sp³-hybridized carbons (Fsp3) is 0.455. The van der Waals surface area contributed by atoms with Crippen molar-refractivity contribution in [3.05, 3.63) is 24.3 Å². The van der Waals surface area contributed by atoms with Gasteiger partial charge in [0.25, 0.3) is 0 Å². The van der Waals surface area contributed by atoms with Crippen molar-refractivity contribution in [2.24, 2.45) is 11.8 Å². The Bertz CT molecular complexity index is 385. The maximum Gasteiger partial charge on any atom is 0.192 e. The van der Waals surface area contributed by atoms with Crippen molar-refractivity contribution in [2.75, 3.05) is 0 Å². The van der Waals surface area contributed by atoms with Gasteiger partial charge in [0.2, 0.25) is 0 Å². The Morgan fingerprint density at radius 2 is 2.13 bits per heavy atom. The Kier molecular flexibility index (Phi) is 2.58. The van der Waals surface area contributed by atoms with Crippen molar-refractivity contribution >= 4 is 11.6 Å². The number of carbonyl (C=O) groups is 2. The van der Waals surface area contributed by atoms with Gasteiger partial charge in [-0.05, 0) is 19.8 Å². The van der Waals surface area contributed by atoms with Crippen molar-refractivity contribution < 1.29 is 9.59 Å². The molecule has 0 N–H and O–H groups in total. The summed E-state index contributed by atoms with van der Waals surface area (Å²) in [7, 11) is 0. The van der Waals surface area contributed by atoms with E-state index in [1.165, 1.54) is 18.6 Å². The first-order valence-electron chi connectivity index (χ1n) is 5.04. The lowest BCUT2D eigenvalue weighted by Gasteiger charge is -2.07. The van der Waals surface area contributed by atoms with Crippen molar-refractivity contribution in [3.63, 3.8) is 0 Å². The quantitative estimate of drug-likeness (QED) is 0.547. The molecule has 0 amide bonds. The fourth-order valence-electron chi connectivity index (χ4n) is 1.50. The zero-order valence-corrected chi connectivity index (χ0v) is 8.51. The predicted molar refractivity (Wildman–Crippen MR) is 53.3 cm³/mol. The molecule has 1 heterocycles. The first-order chi connectivity index (χ1) is 7.20. The number of Topliss-reactive ketones (excluding diaryl/α,β-unsaturated/α-hetero) is 2. The van der Waals surface area contributed by atoms with Gasteiger partial charge in [0.15, 0.2) is 5.78 Å². The summed E-state index contributed by atoms with van der Waals surface area (Å²) >= 11 is 0. The zero-order chi connectivity index (χ0) is 10.8. The van der Waals surface area contributed by atoms with E-state index in [0.717, 1.165) is 12.8 Å². The summed E-state index contributed by atoms with van der Waals surface area (Å²) in [6.07, 6.45) is 6.22. The maximum absolute atomic E-state index is 11.8. The van der Waals surface area contributed by atoms with Crippen LogP contribution in [0.1, 0.15) is 30.3 Å². The second kappa shape index (κ2) is 3.88. The maximum atomic E-state index is 11.8. The van der Waals surface area contributed by atoms with Crippen molar-refractivity contribution in [1.29, 1.82) is 0 Å². The summed E-state index contributed by atoms with van der Waals surface area (Å²) < 4.78 is 0. The third kappa shape index (κ3) is 2.09. The lowest BCUT2D eigenvalue weighted by atomic mass is 9.96. The second-order valence-corrected chi connectivity index (χ2v) is 3.85. The molecule has 4 nitrogen and oxygen atoms in total. The van der Waals surface area contributed by atoms with E-state index in [9.17, 15) is 9.59 Å². The van der Waals surface area contributed by atoms with Gasteiger partial charge in [-0.25, -0.2) is 4.98 Å². The van der Waals surface area contributed by atoms with Crippen LogP contribution in [-0.4, -0.2) is 21.5 Å². The minimum Gasteiger partial charge on any atom is -0.299 e. The lowest BCUT2D eigenvalue weighted by Crippen LogP contribution is -2.23. The van der Waals surface area contributed by atoms with Gasteiger partial charge in [-0.15, -0.1) is 0 Å². The van der Waals surface area contributed by atoms with Gasteiger partial charge in [0.05, 0.1) is 12.1 Å². The number of nitrogens with zero attached hydrogens (tertiary/aromatic N) is 2. The number of hydrogen-bond acceptors (Lipinski definition) is 4. The SMILES string of the molecule is CC(C(=O)c1cnccn1)C(=O)C1CC1. The minimum absolute atomic E-state index is 0.0469. The van der Waals surface area contributed by atoms with E-state index < -0.39 is 5.92 Å². The normalized spacial score (nSPS) is 17.1. The highest BCUT2D eigenvalue weighted by atomic mass is 16.2. The standard InChI is InChI=1S/C11H12N2O2/c1-7(10(14)8-2-3-8)11(15)9-6-12-4-5-13-9/h4-8H,2-3H2,1H3. The van der Waals surface area contributed by atoms with Crippen LogP contribution in [0.25, 0.3) is 0 Å². The smallest absolute Gasteiger partial charge is 0.192 e. The molecule has 0 radical (unpaired) electrons. The van der Waals surface area contributed by atoms with Gasteiger partial charge in [0, 0.05) is 18.3 Å². The zero-order valence-electron chi connectivity index (χ0n) is 8.51. The number of ketones is 2. The van der Waals surface area contributed by atoms with E-state index in [4.69, 9.17) is 0 Å². The summed E-state index contributed by atoms with van der Waals surface area (Å²) in [5.74, 6) is -0.638. The Hall–Kier alpha value is -1.58. The molecule has 1 saturated carbocycles. The Balaban J connectivity index is 2.10. The second-order valence-electron chi connectivity index (χ2n) is 3.85. The molecule has 1 unspecified atom stereocenters. The van der Waals surface area contributed by atoms with Crippen LogP contribution >= 0.6 is 0 Å². The number of carbonyl (C=O) groups excluding carboxylic acids is 2. The number of rotatable bonds is 4. The molecule has 15 heavy (non-hydrogen) atoms. The highest BCUT2D eigenvalue weighted by molar-refractivity contribution is 6.10. The minimum atomic E-state index is -0.575. The summed E-state index contributed by atoms with van der Waals surface area (Å²) in [6.45, 7) is 1.65. The van der Waals surface area contributed by atoms with Gasteiger partial charge in [0.1, 0.15) is 11.5 Å². The molecule has 1 aromatic heterocycles. The third-order valence-corrected chi connectivity index (χ3v) is 2.62. The van der Waals surface area contributed by atoms with Gasteiger partial charge in [-0.3, -0.25) is 14.6 Å². The van der Waals surface area contributed by atoms with E-state index in [1.807, 2.05) is 0 Å². The van der Waals surface area contributed by atoms with E-state index in [2.05, 4.69) is 9.97 Å². The molecular weight excluding hydrogens is 192 g/mol. The lowest BCUT2D eigenvalue weighted by molar-refractivity contribution is -0.122. The first kappa shape index (κ1) is 9.96. The number of hydrogen-bond donors (Lipinski definition) is 0. The topological polar surface area (TPSA) is 59.9 Å². The molecule has 1 aliphatic rings. The molecule has 0 spiro atoms. The first-order valence-corrected chi connectivity index (χ1v) is 5.04. The van der Waals surface area contributed by atoms with Gasteiger partial charge >= 0.3 is 0 Å². The van der Waals surface area contributed by atoms with E-state index in [0.29, 0.717) is 0 Å². The van der Waals surface area contributed by atoms with Gasteiger partial charge in [-0.1, -0.05) is 0 Å². The molecule has 1 aliphatic carbocycles. The van der Waals surface area contributed by atoms with Crippen LogP contribution in [0.15, 0.2) is 18.6 Å². The van der Waals surface area contributed by atoms with Crippen molar-refractivity contribution in [3.8, 4) is 0 Å². The van der Waals surface area contributed by atoms with Crippen LogP contribution < -0.4 is 0 Å². The molecule has 1 aromatic rings. The fourth-order valence-corrected chi connectivity index (χ4v) is 1.50. The van der Waals surface area contributed by atoms with E-state index in [-0.39, 0.29) is 23.2 Å². The molecule has 0 saturated heterocycles. The largest absolute Gasteiger partial charge is 0.299 e. The summed E-state index contributed by atoms with van der Waals surface area (Å²) in [5.41, 5.74) is 0.277. The van der Waals surface area contributed by atoms with Gasteiger partial charge < -0.3 is 0 Å². The molecule has 0 bridgehead atoms. The highest BCUT2D eigenvalue weighted by Crippen LogP contribution is 2.32. The Labute approximate surface area is 87.7 Å². The van der Waals surface area contributed by atoms with Crippen LogP contribution in [-0.2, 0) is 4.79 Å². The Morgan fingerprint density at radius 1 is 1.40 bits per heavy atom. The van der Waals surface area contributed by atoms with E-state index in [1.54, 1.807) is 6.92 Å². The van der Waals surface area contributed by atoms with Crippen molar-refractivity contribution in [2.45, 2.75) is 19.8 Å². The van der Waals surface area contributed by atoms with Crippen LogP contribution in [0.4, 0.5) is 0 Å². The molecule has 78 valence electrons. The molecule has 0 aromatic carbocycles.